The number of ketones is 3. The van der Waals surface area contributed by atoms with Crippen molar-refractivity contribution in [2.45, 2.75) is 39.5 Å². The van der Waals surface area contributed by atoms with E-state index in [-0.39, 0.29) is 29.2 Å². The van der Waals surface area contributed by atoms with Crippen LogP contribution in [0.4, 0.5) is 0 Å². The summed E-state index contributed by atoms with van der Waals surface area (Å²) in [6.07, 6.45) is 3.05. The molecule has 0 amide bonds. The van der Waals surface area contributed by atoms with E-state index in [9.17, 15) is 14.4 Å². The lowest BCUT2D eigenvalue weighted by Crippen LogP contribution is -2.31. The first-order chi connectivity index (χ1) is 17.2. The van der Waals surface area contributed by atoms with Gasteiger partial charge in [-0.2, -0.15) is 10.2 Å². The van der Waals surface area contributed by atoms with Crippen LogP contribution in [-0.4, -0.2) is 51.9 Å². The van der Waals surface area contributed by atoms with Crippen LogP contribution in [0, 0.1) is 0 Å². The molecule has 0 saturated carbocycles. The molecule has 0 aromatic heterocycles. The van der Waals surface area contributed by atoms with Crippen molar-refractivity contribution >= 4 is 28.8 Å². The lowest BCUT2D eigenvalue weighted by molar-refractivity contribution is -0.113. The van der Waals surface area contributed by atoms with Crippen molar-refractivity contribution in [2.24, 2.45) is 10.2 Å². The monoisotopic (exact) mass is 482 g/mol. The zero-order valence-electron chi connectivity index (χ0n) is 21.0. The Morgan fingerprint density at radius 3 is 1.36 bits per heavy atom. The number of carbonyl (C=O) groups excluding carboxylic acids is 3. The molecule has 0 bridgehead atoms. The summed E-state index contributed by atoms with van der Waals surface area (Å²) >= 11 is 0. The van der Waals surface area contributed by atoms with Crippen LogP contribution in [0.1, 0.15) is 50.7 Å². The van der Waals surface area contributed by atoms with Gasteiger partial charge in [-0.05, 0) is 38.8 Å². The van der Waals surface area contributed by atoms with E-state index in [2.05, 4.69) is 0 Å². The molecule has 4 rings (SSSR count). The van der Waals surface area contributed by atoms with Crippen molar-refractivity contribution in [1.29, 1.82) is 0 Å². The molecule has 0 spiro atoms. The Morgan fingerprint density at radius 2 is 1.03 bits per heavy atom. The van der Waals surface area contributed by atoms with E-state index in [0.717, 1.165) is 11.1 Å². The van der Waals surface area contributed by atoms with Crippen LogP contribution in [0.25, 0.3) is 0 Å². The van der Waals surface area contributed by atoms with Crippen LogP contribution in [0.15, 0.2) is 94.4 Å². The third kappa shape index (κ3) is 5.40. The van der Waals surface area contributed by atoms with Gasteiger partial charge in [-0.1, -0.05) is 60.7 Å². The number of rotatable bonds is 8. The van der Waals surface area contributed by atoms with Gasteiger partial charge < -0.3 is 0 Å². The van der Waals surface area contributed by atoms with Crippen LogP contribution in [0.3, 0.4) is 0 Å². The van der Waals surface area contributed by atoms with Crippen LogP contribution >= 0.6 is 0 Å². The fourth-order valence-electron chi connectivity index (χ4n) is 4.62. The van der Waals surface area contributed by atoms with Gasteiger partial charge in [-0.25, -0.2) is 0 Å². The smallest absolute Gasteiger partial charge is 0.226 e. The number of carbonyl (C=O) groups is 3. The standard InChI is InChI=1S/C29H30N4O3/c1-19(15-21(3)34)32-17-25(23-11-7-5-8-12-23)27(30-32)29(36)28-26(24-13-9-6-10-14-24)18-33(31-28)20(2)16-22(4)35/h5-16,25-26H,17-18H2,1-4H3/b19-15+,20-16+. The SMILES string of the molecule is CC(=O)/C=C(\C)N1CC(c2ccccc2)C(C(=O)C2=NN(/C(C)=C/C(C)=O)CC2c2ccccc2)=N1. The van der Waals surface area contributed by atoms with Gasteiger partial charge in [0.15, 0.2) is 11.6 Å². The Balaban J connectivity index is 1.77. The van der Waals surface area contributed by atoms with Crippen molar-refractivity contribution in [1.82, 2.24) is 10.0 Å². The molecule has 184 valence electrons. The molecule has 2 atom stereocenters. The van der Waals surface area contributed by atoms with E-state index >= 15 is 0 Å². The second kappa shape index (κ2) is 10.6. The number of allylic oxidation sites excluding steroid dienone is 4. The number of hydrazone groups is 2. The summed E-state index contributed by atoms with van der Waals surface area (Å²) in [6.45, 7) is 7.53. The first-order valence-corrected chi connectivity index (χ1v) is 12.0. The van der Waals surface area contributed by atoms with Gasteiger partial charge in [0.2, 0.25) is 5.78 Å². The van der Waals surface area contributed by atoms with E-state index in [1.807, 2.05) is 74.5 Å². The van der Waals surface area contributed by atoms with Crippen molar-refractivity contribution < 1.29 is 14.4 Å². The second-order valence-corrected chi connectivity index (χ2v) is 9.18. The third-order valence-electron chi connectivity index (χ3n) is 6.34. The van der Waals surface area contributed by atoms with Crippen LogP contribution < -0.4 is 0 Å². The van der Waals surface area contributed by atoms with Crippen LogP contribution in [-0.2, 0) is 14.4 Å². The summed E-state index contributed by atoms with van der Waals surface area (Å²) in [5.41, 5.74) is 4.10. The Kier molecular flexibility index (Phi) is 7.38. The maximum Gasteiger partial charge on any atom is 0.226 e. The molecule has 0 fully saturated rings. The summed E-state index contributed by atoms with van der Waals surface area (Å²) in [5.74, 6) is -0.918. The quantitative estimate of drug-likeness (QED) is 0.519. The summed E-state index contributed by atoms with van der Waals surface area (Å²) < 4.78 is 0. The van der Waals surface area contributed by atoms with Gasteiger partial charge >= 0.3 is 0 Å². The van der Waals surface area contributed by atoms with Gasteiger partial charge in [0, 0.05) is 23.5 Å². The number of benzene rings is 2. The molecule has 7 heteroatoms. The highest BCUT2D eigenvalue weighted by molar-refractivity contribution is 6.68. The maximum absolute atomic E-state index is 14.1. The van der Waals surface area contributed by atoms with Crippen molar-refractivity contribution in [3.63, 3.8) is 0 Å². The number of hydrogen-bond acceptors (Lipinski definition) is 7. The molecular formula is C29H30N4O3. The minimum Gasteiger partial charge on any atom is -0.295 e. The number of hydrogen-bond donors (Lipinski definition) is 0. The molecule has 0 radical (unpaired) electrons. The zero-order chi connectivity index (χ0) is 25.8. The average Bonchev–Trinajstić information content (AvgIpc) is 3.50. The Hall–Kier alpha value is -4.13. The number of Topliss-reactive ketones (excluding diaryl/α,β-unsaturated/α-hetero) is 1. The molecule has 2 unspecified atom stereocenters. The fourth-order valence-corrected chi connectivity index (χ4v) is 4.62. The molecule has 2 aromatic rings. The number of nitrogens with zero attached hydrogens (tertiary/aromatic N) is 4. The average molecular weight is 483 g/mol. The molecule has 7 nitrogen and oxygen atoms in total. The van der Waals surface area contributed by atoms with Crippen molar-refractivity contribution in [3.05, 3.63) is 95.3 Å². The summed E-state index contributed by atoms with van der Waals surface area (Å²) in [5, 5.41) is 12.8. The first kappa shape index (κ1) is 25.0. The second-order valence-electron chi connectivity index (χ2n) is 9.18. The lowest BCUT2D eigenvalue weighted by Gasteiger charge is -2.17. The minimum absolute atomic E-state index is 0.0774. The first-order valence-electron chi connectivity index (χ1n) is 12.0. The molecule has 2 aliphatic heterocycles. The minimum atomic E-state index is -0.268. The van der Waals surface area contributed by atoms with Gasteiger partial charge in [-0.3, -0.25) is 24.4 Å². The molecule has 2 aliphatic rings. The Bertz CT molecular complexity index is 1190. The third-order valence-corrected chi connectivity index (χ3v) is 6.34. The predicted octanol–water partition coefficient (Wildman–Crippen LogP) is 4.45. The van der Waals surface area contributed by atoms with Gasteiger partial charge in [-0.15, -0.1) is 0 Å². The lowest BCUT2D eigenvalue weighted by atomic mass is 9.86. The van der Waals surface area contributed by atoms with E-state index in [1.165, 1.54) is 26.0 Å². The van der Waals surface area contributed by atoms with Crippen LogP contribution in [0.2, 0.25) is 0 Å². The van der Waals surface area contributed by atoms with Gasteiger partial charge in [0.1, 0.15) is 11.4 Å². The maximum atomic E-state index is 14.1. The Labute approximate surface area is 211 Å². The van der Waals surface area contributed by atoms with Crippen LogP contribution in [0.5, 0.6) is 0 Å². The highest BCUT2D eigenvalue weighted by Gasteiger charge is 2.40. The predicted molar refractivity (Wildman–Crippen MR) is 141 cm³/mol. The molecule has 2 heterocycles. The summed E-state index contributed by atoms with van der Waals surface area (Å²) in [6, 6.07) is 19.6. The van der Waals surface area contributed by atoms with Gasteiger partial charge in [0.05, 0.1) is 24.9 Å². The summed E-state index contributed by atoms with van der Waals surface area (Å²) in [7, 11) is 0. The largest absolute Gasteiger partial charge is 0.295 e. The summed E-state index contributed by atoms with van der Waals surface area (Å²) in [4.78, 5) is 37.5. The van der Waals surface area contributed by atoms with Crippen molar-refractivity contribution in [2.75, 3.05) is 13.1 Å². The molecule has 0 aliphatic carbocycles. The Morgan fingerprint density at radius 1 is 0.667 bits per heavy atom. The molecule has 2 aromatic carbocycles. The zero-order valence-corrected chi connectivity index (χ0v) is 21.0. The molecule has 0 saturated heterocycles. The molecule has 36 heavy (non-hydrogen) atoms. The normalized spacial score (nSPS) is 20.3. The van der Waals surface area contributed by atoms with Gasteiger partial charge in [0.25, 0.3) is 0 Å². The van der Waals surface area contributed by atoms with Crippen molar-refractivity contribution in [3.8, 4) is 0 Å². The van der Waals surface area contributed by atoms with E-state index in [4.69, 9.17) is 10.2 Å². The molecule has 0 N–H and O–H groups in total. The highest BCUT2D eigenvalue weighted by atomic mass is 16.1. The van der Waals surface area contributed by atoms with E-state index in [0.29, 0.717) is 35.9 Å². The molecular weight excluding hydrogens is 452 g/mol. The fraction of sp³-hybridized carbons (Fsp3) is 0.276. The van der Waals surface area contributed by atoms with E-state index < -0.39 is 0 Å². The topological polar surface area (TPSA) is 82.4 Å². The van der Waals surface area contributed by atoms with E-state index in [1.54, 1.807) is 10.0 Å². The highest BCUT2D eigenvalue weighted by Crippen LogP contribution is 2.33.